The second-order valence-electron chi connectivity index (χ2n) is 3.31. The molecule has 6 heteroatoms. The van der Waals surface area contributed by atoms with Crippen molar-refractivity contribution in [3.05, 3.63) is 24.0 Å². The second kappa shape index (κ2) is 5.11. The van der Waals surface area contributed by atoms with E-state index in [-0.39, 0.29) is 24.1 Å². The molecular weight excluding hydrogens is 208 g/mol. The van der Waals surface area contributed by atoms with E-state index in [1.807, 2.05) is 0 Å². The molecule has 16 heavy (non-hydrogen) atoms. The molecule has 1 aromatic heterocycles. The molecule has 0 aliphatic carbocycles. The van der Waals surface area contributed by atoms with Crippen LogP contribution in [0.2, 0.25) is 0 Å². The monoisotopic (exact) mass is 222 g/mol. The molecule has 0 atom stereocenters. The van der Waals surface area contributed by atoms with E-state index in [1.54, 1.807) is 6.07 Å². The number of nitrogens with one attached hydrogen (secondary N) is 1. The number of nitrogen functional groups attached to an aromatic ring is 1. The highest BCUT2D eigenvalue weighted by molar-refractivity contribution is 5.94. The van der Waals surface area contributed by atoms with Crippen molar-refractivity contribution in [2.75, 3.05) is 26.4 Å². The van der Waals surface area contributed by atoms with Gasteiger partial charge in [0.15, 0.2) is 0 Å². The molecule has 0 saturated carbocycles. The van der Waals surface area contributed by atoms with Gasteiger partial charge in [-0.2, -0.15) is 0 Å². The van der Waals surface area contributed by atoms with Crippen molar-refractivity contribution in [1.82, 2.24) is 15.2 Å². The highest BCUT2D eigenvalue weighted by Crippen LogP contribution is 2.03. The summed E-state index contributed by atoms with van der Waals surface area (Å²) < 4.78 is 0. The summed E-state index contributed by atoms with van der Waals surface area (Å²) in [5, 5.41) is 2.44. The number of nitrogens with two attached hydrogens (primary N) is 1. The lowest BCUT2D eigenvalue weighted by molar-refractivity contribution is -0.121. The molecule has 0 bridgehead atoms. The number of carbonyl (C=O) groups excluding carboxylic acids is 2. The predicted octanol–water partition coefficient (Wildman–Crippen LogP) is -0.518. The Labute approximate surface area is 93.4 Å². The molecular formula is C10H14N4O2. The van der Waals surface area contributed by atoms with E-state index in [9.17, 15) is 9.59 Å². The third-order valence-electron chi connectivity index (χ3n) is 2.01. The van der Waals surface area contributed by atoms with Crippen molar-refractivity contribution >= 4 is 17.5 Å². The van der Waals surface area contributed by atoms with Crippen LogP contribution >= 0.6 is 0 Å². The van der Waals surface area contributed by atoms with Gasteiger partial charge in [0, 0.05) is 14.1 Å². The normalized spacial score (nSPS) is 9.62. The van der Waals surface area contributed by atoms with E-state index in [2.05, 4.69) is 10.3 Å². The zero-order valence-electron chi connectivity index (χ0n) is 9.23. The molecule has 0 aromatic carbocycles. The molecule has 0 fully saturated rings. The Morgan fingerprint density at radius 1 is 1.50 bits per heavy atom. The Morgan fingerprint density at radius 2 is 2.19 bits per heavy atom. The van der Waals surface area contributed by atoms with Crippen LogP contribution in [-0.2, 0) is 4.79 Å². The predicted molar refractivity (Wildman–Crippen MR) is 59.7 cm³/mol. The van der Waals surface area contributed by atoms with E-state index in [0.717, 1.165) is 0 Å². The van der Waals surface area contributed by atoms with Crippen molar-refractivity contribution in [1.29, 1.82) is 0 Å². The van der Waals surface area contributed by atoms with Crippen molar-refractivity contribution in [3.63, 3.8) is 0 Å². The molecule has 1 aromatic rings. The van der Waals surface area contributed by atoms with Gasteiger partial charge >= 0.3 is 0 Å². The van der Waals surface area contributed by atoms with Crippen LogP contribution in [0.25, 0.3) is 0 Å². The fourth-order valence-electron chi connectivity index (χ4n) is 1.09. The van der Waals surface area contributed by atoms with Crippen molar-refractivity contribution in [3.8, 4) is 0 Å². The largest absolute Gasteiger partial charge is 0.397 e. The first-order chi connectivity index (χ1) is 7.54. The van der Waals surface area contributed by atoms with E-state index in [1.165, 1.54) is 31.3 Å². The van der Waals surface area contributed by atoms with Gasteiger partial charge in [-0.1, -0.05) is 0 Å². The molecule has 0 spiro atoms. The number of anilines is 1. The average Bonchev–Trinajstić information content (AvgIpc) is 2.28. The number of nitrogens with zero attached hydrogens (tertiary/aromatic N) is 2. The second-order valence-corrected chi connectivity index (χ2v) is 3.31. The number of hydrogen-bond donors (Lipinski definition) is 2. The maximum absolute atomic E-state index is 11.7. The van der Waals surface area contributed by atoms with Crippen LogP contribution in [0.15, 0.2) is 18.3 Å². The Balaban J connectivity index is 2.70. The molecule has 0 saturated heterocycles. The van der Waals surface area contributed by atoms with Gasteiger partial charge in [0.25, 0.3) is 5.91 Å². The molecule has 0 unspecified atom stereocenters. The zero-order chi connectivity index (χ0) is 12.1. The summed E-state index contributed by atoms with van der Waals surface area (Å²) in [6, 6.07) is 3.12. The number of aromatic nitrogens is 1. The fourth-order valence-corrected chi connectivity index (χ4v) is 1.09. The van der Waals surface area contributed by atoms with E-state index in [0.29, 0.717) is 5.69 Å². The lowest BCUT2D eigenvalue weighted by Gasteiger charge is -2.15. The van der Waals surface area contributed by atoms with Gasteiger partial charge in [0.05, 0.1) is 18.4 Å². The summed E-state index contributed by atoms with van der Waals surface area (Å²) in [4.78, 5) is 28.0. The first-order valence-electron chi connectivity index (χ1n) is 4.72. The summed E-state index contributed by atoms with van der Waals surface area (Å²) >= 11 is 0. The molecule has 1 rings (SSSR count). The number of pyridine rings is 1. The first kappa shape index (κ1) is 12.0. The molecule has 0 aliphatic heterocycles. The fraction of sp³-hybridized carbons (Fsp3) is 0.300. The van der Waals surface area contributed by atoms with Crippen molar-refractivity contribution < 1.29 is 9.59 Å². The van der Waals surface area contributed by atoms with Crippen LogP contribution in [0.5, 0.6) is 0 Å². The third kappa shape index (κ3) is 2.94. The molecule has 1 heterocycles. The van der Waals surface area contributed by atoms with E-state index < -0.39 is 0 Å². The number of hydrogen-bond acceptors (Lipinski definition) is 4. The summed E-state index contributed by atoms with van der Waals surface area (Å²) in [7, 11) is 3.05. The van der Waals surface area contributed by atoms with Crippen molar-refractivity contribution in [2.24, 2.45) is 0 Å². The topological polar surface area (TPSA) is 88.3 Å². The van der Waals surface area contributed by atoms with Crippen LogP contribution in [0, 0.1) is 0 Å². The summed E-state index contributed by atoms with van der Waals surface area (Å²) in [5.74, 6) is -0.546. The molecule has 6 nitrogen and oxygen atoms in total. The van der Waals surface area contributed by atoms with Crippen LogP contribution in [0.1, 0.15) is 10.5 Å². The van der Waals surface area contributed by atoms with Gasteiger partial charge < -0.3 is 16.0 Å². The molecule has 0 aliphatic rings. The highest BCUT2D eigenvalue weighted by Gasteiger charge is 2.14. The number of carbonyl (C=O) groups is 2. The lowest BCUT2D eigenvalue weighted by Crippen LogP contribution is -2.37. The van der Waals surface area contributed by atoms with Gasteiger partial charge in [-0.15, -0.1) is 0 Å². The van der Waals surface area contributed by atoms with Gasteiger partial charge in [0.1, 0.15) is 5.69 Å². The van der Waals surface area contributed by atoms with Gasteiger partial charge in [-0.3, -0.25) is 9.59 Å². The molecule has 3 N–H and O–H groups in total. The molecule has 86 valence electrons. The summed E-state index contributed by atoms with van der Waals surface area (Å²) in [6.45, 7) is 0.00138. The van der Waals surface area contributed by atoms with Crippen LogP contribution in [0.4, 0.5) is 5.69 Å². The third-order valence-corrected chi connectivity index (χ3v) is 2.01. The van der Waals surface area contributed by atoms with Gasteiger partial charge in [-0.25, -0.2) is 4.98 Å². The molecule has 2 amide bonds. The van der Waals surface area contributed by atoms with E-state index >= 15 is 0 Å². The Bertz CT molecular complexity index is 388. The highest BCUT2D eigenvalue weighted by atomic mass is 16.2. The van der Waals surface area contributed by atoms with E-state index in [4.69, 9.17) is 5.73 Å². The quantitative estimate of drug-likeness (QED) is 0.720. The van der Waals surface area contributed by atoms with Gasteiger partial charge in [0.2, 0.25) is 5.91 Å². The molecule has 0 radical (unpaired) electrons. The maximum atomic E-state index is 11.7. The standard InChI is InChI=1S/C10H14N4O2/c1-12-9(15)6-14(2)10(16)8-4-3-7(11)5-13-8/h3-5H,6,11H2,1-2H3,(H,12,15). The minimum Gasteiger partial charge on any atom is -0.397 e. The maximum Gasteiger partial charge on any atom is 0.272 e. The Hall–Kier alpha value is -2.11. The van der Waals surface area contributed by atoms with Crippen LogP contribution < -0.4 is 11.1 Å². The first-order valence-corrected chi connectivity index (χ1v) is 4.72. The van der Waals surface area contributed by atoms with Gasteiger partial charge in [-0.05, 0) is 12.1 Å². The zero-order valence-corrected chi connectivity index (χ0v) is 9.23. The smallest absolute Gasteiger partial charge is 0.272 e. The number of amides is 2. The SMILES string of the molecule is CNC(=O)CN(C)C(=O)c1ccc(N)cn1. The summed E-state index contributed by atoms with van der Waals surface area (Å²) in [5.41, 5.74) is 6.21. The van der Waals surface area contributed by atoms with Crippen LogP contribution in [0.3, 0.4) is 0 Å². The minimum atomic E-state index is -0.316. The summed E-state index contributed by atoms with van der Waals surface area (Å²) in [6.07, 6.45) is 1.40. The minimum absolute atomic E-state index is 0.00138. The van der Waals surface area contributed by atoms with Crippen LogP contribution in [-0.4, -0.2) is 42.3 Å². The Kier molecular flexibility index (Phi) is 3.82. The average molecular weight is 222 g/mol. The number of rotatable bonds is 3. The van der Waals surface area contributed by atoms with Crippen molar-refractivity contribution in [2.45, 2.75) is 0 Å². The lowest BCUT2D eigenvalue weighted by atomic mass is 10.3. The Morgan fingerprint density at radius 3 is 2.69 bits per heavy atom. The number of likely N-dealkylation sites (N-methyl/N-ethyl adjacent to an activating group) is 2.